The highest BCUT2D eigenvalue weighted by Gasteiger charge is 2.17. The molecule has 0 aliphatic rings. The molecule has 2 aromatic heterocycles. The van der Waals surface area contributed by atoms with Crippen molar-refractivity contribution in [2.45, 2.75) is 25.0 Å². The van der Waals surface area contributed by atoms with Crippen LogP contribution in [0.1, 0.15) is 11.1 Å². The number of nitro groups is 1. The van der Waals surface area contributed by atoms with E-state index < -0.39 is 4.92 Å². The van der Waals surface area contributed by atoms with Gasteiger partial charge in [0.05, 0.1) is 10.7 Å². The van der Waals surface area contributed by atoms with Crippen molar-refractivity contribution in [3.63, 3.8) is 0 Å². The molecule has 2 aromatic carbocycles. The van der Waals surface area contributed by atoms with Crippen molar-refractivity contribution in [3.8, 4) is 11.4 Å². The van der Waals surface area contributed by atoms with Crippen LogP contribution < -0.4 is 5.32 Å². The molecule has 0 aliphatic carbocycles. The molecule has 1 amide bonds. The summed E-state index contributed by atoms with van der Waals surface area (Å²) < 4.78 is 2.00. The van der Waals surface area contributed by atoms with E-state index in [4.69, 9.17) is 0 Å². The topological polar surface area (TPSA) is 116 Å². The van der Waals surface area contributed by atoms with Crippen LogP contribution in [0.25, 0.3) is 11.4 Å². The lowest BCUT2D eigenvalue weighted by molar-refractivity contribution is -0.384. The van der Waals surface area contributed by atoms with Crippen molar-refractivity contribution >= 4 is 29.0 Å². The van der Waals surface area contributed by atoms with Crippen LogP contribution in [0.2, 0.25) is 0 Å². The molecule has 0 saturated heterocycles. The molecule has 0 radical (unpaired) electrons. The molecule has 0 spiro atoms. The van der Waals surface area contributed by atoms with E-state index in [0.29, 0.717) is 28.8 Å². The minimum Gasteiger partial charge on any atom is -0.325 e. The van der Waals surface area contributed by atoms with Crippen LogP contribution in [0.4, 0.5) is 11.4 Å². The SMILES string of the molecule is Cc1cc([N+](=O)[O-])ccc1NC(=O)CSc1nnc(-c2cccnc2)n1CCc1ccccc1. The van der Waals surface area contributed by atoms with E-state index in [0.717, 1.165) is 12.0 Å². The quantitative estimate of drug-likeness (QED) is 0.215. The third kappa shape index (κ3) is 5.65. The van der Waals surface area contributed by atoms with Crippen LogP contribution in [0.5, 0.6) is 0 Å². The Labute approximate surface area is 200 Å². The van der Waals surface area contributed by atoms with Crippen LogP contribution >= 0.6 is 11.8 Å². The molecule has 0 aliphatic heterocycles. The van der Waals surface area contributed by atoms with E-state index in [1.807, 2.05) is 34.9 Å². The highest BCUT2D eigenvalue weighted by Crippen LogP contribution is 2.25. The number of pyridine rings is 1. The van der Waals surface area contributed by atoms with Gasteiger partial charge >= 0.3 is 0 Å². The maximum Gasteiger partial charge on any atom is 0.269 e. The number of non-ortho nitro benzene ring substituents is 1. The van der Waals surface area contributed by atoms with Gasteiger partial charge in [0.1, 0.15) is 0 Å². The smallest absolute Gasteiger partial charge is 0.269 e. The molecular weight excluding hydrogens is 452 g/mol. The van der Waals surface area contributed by atoms with Crippen molar-refractivity contribution in [2.24, 2.45) is 0 Å². The van der Waals surface area contributed by atoms with Crippen LogP contribution in [0, 0.1) is 17.0 Å². The first kappa shape index (κ1) is 23.1. The second kappa shape index (κ2) is 10.7. The minimum atomic E-state index is -0.462. The number of amides is 1. The van der Waals surface area contributed by atoms with E-state index in [9.17, 15) is 14.9 Å². The van der Waals surface area contributed by atoms with Crippen LogP contribution in [0.15, 0.2) is 78.2 Å². The normalized spacial score (nSPS) is 10.7. The molecule has 2 heterocycles. The summed E-state index contributed by atoms with van der Waals surface area (Å²) >= 11 is 1.29. The fourth-order valence-electron chi connectivity index (χ4n) is 3.41. The lowest BCUT2D eigenvalue weighted by Crippen LogP contribution is -2.15. The van der Waals surface area contributed by atoms with Crippen molar-refractivity contribution in [3.05, 3.63) is 94.3 Å². The average Bonchev–Trinajstić information content (AvgIpc) is 3.26. The lowest BCUT2D eigenvalue weighted by atomic mass is 10.1. The Bertz CT molecular complexity index is 1290. The number of hydrogen-bond donors (Lipinski definition) is 1. The Hall–Kier alpha value is -4.05. The molecule has 9 nitrogen and oxygen atoms in total. The second-order valence-corrected chi connectivity index (χ2v) is 8.47. The molecule has 0 atom stereocenters. The molecule has 4 aromatic rings. The van der Waals surface area contributed by atoms with Gasteiger partial charge in [-0.2, -0.15) is 0 Å². The number of aryl methyl sites for hydroxylation is 2. The van der Waals surface area contributed by atoms with Gasteiger partial charge in [-0.3, -0.25) is 19.9 Å². The minimum absolute atomic E-state index is 0.0145. The number of nitro benzene ring substituents is 1. The molecule has 0 unspecified atom stereocenters. The van der Waals surface area contributed by atoms with Gasteiger partial charge in [-0.05, 0) is 42.7 Å². The van der Waals surface area contributed by atoms with Crippen LogP contribution in [0.3, 0.4) is 0 Å². The first-order valence-electron chi connectivity index (χ1n) is 10.6. The number of rotatable bonds is 9. The Morgan fingerprint density at radius 1 is 1.12 bits per heavy atom. The first-order chi connectivity index (χ1) is 16.5. The first-order valence-corrected chi connectivity index (χ1v) is 11.5. The Morgan fingerprint density at radius 2 is 1.94 bits per heavy atom. The summed E-state index contributed by atoms with van der Waals surface area (Å²) in [6, 6.07) is 18.2. The largest absolute Gasteiger partial charge is 0.325 e. The highest BCUT2D eigenvalue weighted by atomic mass is 32.2. The van der Waals surface area contributed by atoms with E-state index in [1.54, 1.807) is 25.4 Å². The third-order valence-corrected chi connectivity index (χ3v) is 6.10. The summed E-state index contributed by atoms with van der Waals surface area (Å²) in [6.45, 7) is 2.36. The molecule has 4 rings (SSSR count). The van der Waals surface area contributed by atoms with Gasteiger partial charge in [0.2, 0.25) is 5.91 Å². The van der Waals surface area contributed by atoms with Crippen molar-refractivity contribution in [2.75, 3.05) is 11.1 Å². The summed E-state index contributed by atoms with van der Waals surface area (Å²) in [5.74, 6) is 0.577. The fourth-order valence-corrected chi connectivity index (χ4v) is 4.17. The molecule has 1 N–H and O–H groups in total. The van der Waals surface area contributed by atoms with Gasteiger partial charge < -0.3 is 9.88 Å². The molecule has 10 heteroatoms. The molecule has 0 bridgehead atoms. The highest BCUT2D eigenvalue weighted by molar-refractivity contribution is 7.99. The number of thioether (sulfide) groups is 1. The number of benzene rings is 2. The maximum absolute atomic E-state index is 12.6. The standard InChI is InChI=1S/C24H22N6O3S/c1-17-14-20(30(32)33)9-10-21(17)26-22(31)16-34-24-28-27-23(19-8-5-12-25-15-19)29(24)13-11-18-6-3-2-4-7-18/h2-10,12,14-15H,11,13,16H2,1H3,(H,26,31). The number of carbonyl (C=O) groups is 1. The van der Waals surface area contributed by atoms with Gasteiger partial charge in [-0.1, -0.05) is 42.1 Å². The lowest BCUT2D eigenvalue weighted by Gasteiger charge is -2.11. The summed E-state index contributed by atoms with van der Waals surface area (Å²) in [6.07, 6.45) is 4.23. The summed E-state index contributed by atoms with van der Waals surface area (Å²) in [5.41, 5.74) is 3.19. The van der Waals surface area contributed by atoms with E-state index in [2.05, 4.69) is 32.6 Å². The van der Waals surface area contributed by atoms with Crippen molar-refractivity contribution in [1.29, 1.82) is 0 Å². The number of aromatic nitrogens is 4. The summed E-state index contributed by atoms with van der Waals surface area (Å²) in [7, 11) is 0. The van der Waals surface area contributed by atoms with Crippen molar-refractivity contribution < 1.29 is 9.72 Å². The zero-order valence-corrected chi connectivity index (χ0v) is 19.2. The third-order valence-electron chi connectivity index (χ3n) is 5.13. The fraction of sp³-hybridized carbons (Fsp3) is 0.167. The number of nitrogens with zero attached hydrogens (tertiary/aromatic N) is 5. The van der Waals surface area contributed by atoms with Gasteiger partial charge in [-0.25, -0.2) is 0 Å². The van der Waals surface area contributed by atoms with E-state index in [-0.39, 0.29) is 17.3 Å². The van der Waals surface area contributed by atoms with Gasteiger partial charge in [0, 0.05) is 42.3 Å². The predicted octanol–water partition coefficient (Wildman–Crippen LogP) is 4.53. The maximum atomic E-state index is 12.6. The average molecular weight is 475 g/mol. The Morgan fingerprint density at radius 3 is 2.65 bits per heavy atom. The van der Waals surface area contributed by atoms with Gasteiger partial charge in [0.25, 0.3) is 5.69 Å². The Balaban J connectivity index is 1.48. The summed E-state index contributed by atoms with van der Waals surface area (Å²) in [4.78, 5) is 27.2. The van der Waals surface area contributed by atoms with Crippen LogP contribution in [-0.4, -0.2) is 36.3 Å². The number of hydrogen-bond acceptors (Lipinski definition) is 7. The molecule has 34 heavy (non-hydrogen) atoms. The summed E-state index contributed by atoms with van der Waals surface area (Å²) in [5, 5.41) is 23.0. The van der Waals surface area contributed by atoms with Gasteiger partial charge in [-0.15, -0.1) is 10.2 Å². The van der Waals surface area contributed by atoms with E-state index >= 15 is 0 Å². The molecular formula is C24H22N6O3S. The van der Waals surface area contributed by atoms with Gasteiger partial charge in [0.15, 0.2) is 11.0 Å². The Kier molecular flexibility index (Phi) is 7.28. The number of anilines is 1. The number of carbonyl (C=O) groups excluding carboxylic acids is 1. The number of nitrogens with one attached hydrogen (secondary N) is 1. The van der Waals surface area contributed by atoms with E-state index in [1.165, 1.54) is 29.5 Å². The monoisotopic (exact) mass is 474 g/mol. The van der Waals surface area contributed by atoms with Crippen LogP contribution in [-0.2, 0) is 17.8 Å². The second-order valence-electron chi connectivity index (χ2n) is 7.53. The zero-order valence-electron chi connectivity index (χ0n) is 18.4. The molecule has 0 saturated carbocycles. The molecule has 0 fully saturated rings. The van der Waals surface area contributed by atoms with Crippen molar-refractivity contribution in [1.82, 2.24) is 19.7 Å². The predicted molar refractivity (Wildman–Crippen MR) is 131 cm³/mol. The zero-order chi connectivity index (χ0) is 23.9. The molecule has 172 valence electrons.